The van der Waals surface area contributed by atoms with Crippen molar-refractivity contribution in [2.75, 3.05) is 6.54 Å². The van der Waals surface area contributed by atoms with Gasteiger partial charge in [0.05, 0.1) is 17.9 Å². The summed E-state index contributed by atoms with van der Waals surface area (Å²) in [5.74, 6) is 0. The van der Waals surface area contributed by atoms with Crippen LogP contribution in [0, 0.1) is 0 Å². The van der Waals surface area contributed by atoms with E-state index in [1.54, 1.807) is 0 Å². The van der Waals surface area contributed by atoms with Gasteiger partial charge >= 0.3 is 0 Å². The first-order chi connectivity index (χ1) is 7.36. The van der Waals surface area contributed by atoms with Crippen LogP contribution in [0.5, 0.6) is 0 Å². The molecule has 0 spiro atoms. The van der Waals surface area contributed by atoms with Gasteiger partial charge in [0.15, 0.2) is 0 Å². The van der Waals surface area contributed by atoms with E-state index in [1.807, 2.05) is 29.3 Å². The maximum absolute atomic E-state index is 3.98. The van der Waals surface area contributed by atoms with Gasteiger partial charge in [0, 0.05) is 18.5 Å². The zero-order chi connectivity index (χ0) is 10.3. The number of nitrogens with zero attached hydrogens (tertiary/aromatic N) is 3. The van der Waals surface area contributed by atoms with Crippen LogP contribution >= 0.6 is 11.3 Å². The minimum atomic E-state index is 0.264. The number of rotatable bonds is 1. The number of aromatic nitrogens is 3. The normalized spacial score (nSPS) is 20.2. The lowest BCUT2D eigenvalue weighted by Gasteiger charge is -2.23. The van der Waals surface area contributed by atoms with Crippen LogP contribution in [0.15, 0.2) is 17.6 Å². The molecule has 0 aliphatic carbocycles. The number of fused-ring (bicyclic) bond motifs is 1. The lowest BCUT2D eigenvalue weighted by molar-refractivity contribution is 0.532. The van der Waals surface area contributed by atoms with Crippen molar-refractivity contribution in [3.8, 4) is 0 Å². The molecule has 0 saturated heterocycles. The van der Waals surface area contributed by atoms with E-state index in [-0.39, 0.29) is 6.04 Å². The van der Waals surface area contributed by atoms with Gasteiger partial charge in [-0.3, -0.25) is 4.68 Å². The third kappa shape index (κ3) is 1.39. The van der Waals surface area contributed by atoms with Crippen molar-refractivity contribution >= 4 is 11.3 Å². The van der Waals surface area contributed by atoms with E-state index in [4.69, 9.17) is 0 Å². The summed E-state index contributed by atoms with van der Waals surface area (Å²) >= 11 is 1.84. The molecule has 0 radical (unpaired) electrons. The summed E-state index contributed by atoms with van der Waals surface area (Å²) < 4.78 is 1.84. The molecule has 3 heterocycles. The Kier molecular flexibility index (Phi) is 2.07. The Labute approximate surface area is 91.9 Å². The van der Waals surface area contributed by atoms with Crippen LogP contribution in [-0.2, 0) is 13.5 Å². The molecule has 0 fully saturated rings. The van der Waals surface area contributed by atoms with Crippen LogP contribution in [0.4, 0.5) is 0 Å². The smallest absolute Gasteiger partial charge is 0.0799 e. The molecule has 1 N–H and O–H groups in total. The summed E-state index contributed by atoms with van der Waals surface area (Å²) in [6.45, 7) is 1.03. The minimum absolute atomic E-state index is 0.264. The van der Waals surface area contributed by atoms with Gasteiger partial charge in [0.1, 0.15) is 0 Å². The maximum Gasteiger partial charge on any atom is 0.0799 e. The molecule has 3 rings (SSSR count). The topological polar surface area (TPSA) is 42.7 Å². The van der Waals surface area contributed by atoms with E-state index in [0.717, 1.165) is 18.7 Å². The van der Waals surface area contributed by atoms with E-state index < -0.39 is 0 Å². The molecule has 0 saturated carbocycles. The Balaban J connectivity index is 2.07. The SMILES string of the molecule is Cn1nncc1C1NCCc2sccc21. The van der Waals surface area contributed by atoms with Gasteiger partial charge in [-0.25, -0.2) is 0 Å². The highest BCUT2D eigenvalue weighted by Crippen LogP contribution is 2.31. The van der Waals surface area contributed by atoms with Crippen LogP contribution in [0.1, 0.15) is 22.2 Å². The Morgan fingerprint density at radius 1 is 1.60 bits per heavy atom. The van der Waals surface area contributed by atoms with Crippen molar-refractivity contribution in [1.29, 1.82) is 0 Å². The van der Waals surface area contributed by atoms with Crippen molar-refractivity contribution in [1.82, 2.24) is 20.3 Å². The Hall–Kier alpha value is -1.20. The maximum atomic E-state index is 3.98. The zero-order valence-corrected chi connectivity index (χ0v) is 9.29. The molecule has 0 bridgehead atoms. The third-order valence-electron chi connectivity index (χ3n) is 2.84. The second kappa shape index (κ2) is 3.43. The molecular formula is C10H12N4S. The second-order valence-electron chi connectivity index (χ2n) is 3.72. The van der Waals surface area contributed by atoms with Crippen LogP contribution < -0.4 is 5.32 Å². The molecule has 15 heavy (non-hydrogen) atoms. The molecule has 1 atom stereocenters. The molecule has 0 aromatic carbocycles. The van der Waals surface area contributed by atoms with E-state index in [9.17, 15) is 0 Å². The monoisotopic (exact) mass is 220 g/mol. The standard InChI is InChI=1S/C10H12N4S/c1-14-8(6-12-13-14)10-7-3-5-15-9(7)2-4-11-10/h3,5-6,10-11H,2,4H2,1H3. The average Bonchev–Trinajstić information content (AvgIpc) is 2.85. The van der Waals surface area contributed by atoms with Gasteiger partial charge < -0.3 is 5.32 Å². The fourth-order valence-corrected chi connectivity index (χ4v) is 2.99. The molecule has 1 aliphatic rings. The van der Waals surface area contributed by atoms with Crippen LogP contribution in [-0.4, -0.2) is 21.5 Å². The zero-order valence-electron chi connectivity index (χ0n) is 8.47. The van der Waals surface area contributed by atoms with Gasteiger partial charge in [-0.1, -0.05) is 5.21 Å². The summed E-state index contributed by atoms with van der Waals surface area (Å²) in [5.41, 5.74) is 2.52. The Morgan fingerprint density at radius 2 is 2.53 bits per heavy atom. The van der Waals surface area contributed by atoms with Crippen LogP contribution in [0.3, 0.4) is 0 Å². The molecule has 0 amide bonds. The molecule has 2 aromatic heterocycles. The quantitative estimate of drug-likeness (QED) is 0.783. The summed E-state index contributed by atoms with van der Waals surface area (Å²) in [4.78, 5) is 1.49. The van der Waals surface area contributed by atoms with Crippen molar-refractivity contribution in [2.24, 2.45) is 7.05 Å². The third-order valence-corrected chi connectivity index (χ3v) is 3.83. The van der Waals surface area contributed by atoms with E-state index >= 15 is 0 Å². The van der Waals surface area contributed by atoms with E-state index in [0.29, 0.717) is 0 Å². The summed E-state index contributed by atoms with van der Waals surface area (Å²) in [6.07, 6.45) is 2.97. The first-order valence-corrected chi connectivity index (χ1v) is 5.88. The number of nitrogens with one attached hydrogen (secondary N) is 1. The largest absolute Gasteiger partial charge is 0.305 e. The van der Waals surface area contributed by atoms with Crippen molar-refractivity contribution in [2.45, 2.75) is 12.5 Å². The number of aryl methyl sites for hydroxylation is 1. The van der Waals surface area contributed by atoms with Gasteiger partial charge in [-0.15, -0.1) is 16.4 Å². The summed E-state index contributed by atoms with van der Waals surface area (Å²) in [7, 11) is 1.94. The van der Waals surface area contributed by atoms with Gasteiger partial charge in [-0.2, -0.15) is 0 Å². The molecule has 5 heteroatoms. The summed E-state index contributed by atoms with van der Waals surface area (Å²) in [5, 5.41) is 13.6. The predicted octanol–water partition coefficient (Wildman–Crippen LogP) is 1.11. The number of thiophene rings is 1. The van der Waals surface area contributed by atoms with Gasteiger partial charge in [0.2, 0.25) is 0 Å². The highest BCUT2D eigenvalue weighted by atomic mass is 32.1. The van der Waals surface area contributed by atoms with Crippen molar-refractivity contribution in [3.05, 3.63) is 33.8 Å². The highest BCUT2D eigenvalue weighted by molar-refractivity contribution is 7.10. The molecule has 1 unspecified atom stereocenters. The highest BCUT2D eigenvalue weighted by Gasteiger charge is 2.24. The summed E-state index contributed by atoms with van der Waals surface area (Å²) in [6, 6.07) is 2.46. The molecule has 4 nitrogen and oxygen atoms in total. The number of hydrogen-bond acceptors (Lipinski definition) is 4. The lowest BCUT2D eigenvalue weighted by atomic mass is 10.0. The van der Waals surface area contributed by atoms with Gasteiger partial charge in [-0.05, 0) is 23.4 Å². The first kappa shape index (κ1) is 9.06. The lowest BCUT2D eigenvalue weighted by Crippen LogP contribution is -2.30. The van der Waals surface area contributed by atoms with Crippen LogP contribution in [0.2, 0.25) is 0 Å². The van der Waals surface area contributed by atoms with E-state index in [1.165, 1.54) is 10.4 Å². The Morgan fingerprint density at radius 3 is 3.33 bits per heavy atom. The van der Waals surface area contributed by atoms with Crippen LogP contribution in [0.25, 0.3) is 0 Å². The molecule has 1 aliphatic heterocycles. The minimum Gasteiger partial charge on any atom is -0.305 e. The molecule has 78 valence electrons. The average molecular weight is 220 g/mol. The first-order valence-electron chi connectivity index (χ1n) is 5.00. The fourth-order valence-electron chi connectivity index (χ4n) is 2.07. The second-order valence-corrected chi connectivity index (χ2v) is 4.72. The van der Waals surface area contributed by atoms with Crippen molar-refractivity contribution < 1.29 is 0 Å². The van der Waals surface area contributed by atoms with Gasteiger partial charge in [0.25, 0.3) is 0 Å². The molecular weight excluding hydrogens is 208 g/mol. The van der Waals surface area contributed by atoms with Crippen molar-refractivity contribution in [3.63, 3.8) is 0 Å². The molecule has 2 aromatic rings. The number of hydrogen-bond donors (Lipinski definition) is 1. The Bertz CT molecular complexity index is 473. The predicted molar refractivity (Wildman–Crippen MR) is 58.9 cm³/mol. The van der Waals surface area contributed by atoms with E-state index in [2.05, 4.69) is 27.1 Å². The fraction of sp³-hybridized carbons (Fsp3) is 0.400.